The molecule has 2 aliphatic carbocycles. The van der Waals surface area contributed by atoms with Crippen LogP contribution in [0.5, 0.6) is 0 Å². The Bertz CT molecular complexity index is 755. The van der Waals surface area contributed by atoms with Gasteiger partial charge in [0.25, 0.3) is 0 Å². The lowest BCUT2D eigenvalue weighted by Gasteiger charge is -2.46. The van der Waals surface area contributed by atoms with E-state index in [1.165, 1.54) is 44.2 Å². The van der Waals surface area contributed by atoms with Gasteiger partial charge in [-0.05, 0) is 73.6 Å². The van der Waals surface area contributed by atoms with Gasteiger partial charge in [0.05, 0.1) is 0 Å². The van der Waals surface area contributed by atoms with Crippen LogP contribution in [-0.4, -0.2) is 35.1 Å². The molecule has 0 amide bonds. The number of benzene rings is 1. The maximum absolute atomic E-state index is 14.2. The van der Waals surface area contributed by atoms with Crippen LogP contribution in [0.2, 0.25) is 0 Å². The van der Waals surface area contributed by atoms with Crippen molar-refractivity contribution in [1.82, 2.24) is 4.90 Å². The number of aliphatic carboxylic acids is 1. The fourth-order valence-electron chi connectivity index (χ4n) is 5.91. The lowest BCUT2D eigenvalue weighted by Crippen LogP contribution is -2.48. The third-order valence-electron chi connectivity index (χ3n) is 7.60. The Morgan fingerprint density at radius 1 is 1.03 bits per heavy atom. The molecule has 32 heavy (non-hydrogen) atoms. The Labute approximate surface area is 192 Å². The third-order valence-corrected chi connectivity index (χ3v) is 7.60. The van der Waals surface area contributed by atoms with Gasteiger partial charge < -0.3 is 5.11 Å². The van der Waals surface area contributed by atoms with E-state index in [9.17, 15) is 18.7 Å². The predicted octanol–water partition coefficient (Wildman–Crippen LogP) is 7.01. The molecule has 2 saturated carbocycles. The molecule has 3 nitrogen and oxygen atoms in total. The van der Waals surface area contributed by atoms with E-state index in [4.69, 9.17) is 0 Å². The smallest absolute Gasteiger partial charge is 0.303 e. The van der Waals surface area contributed by atoms with Crippen molar-refractivity contribution in [3.8, 4) is 0 Å². The monoisotopic (exact) mass is 449 g/mol. The third kappa shape index (κ3) is 7.00. The van der Waals surface area contributed by atoms with Gasteiger partial charge in [0, 0.05) is 24.9 Å². The molecule has 0 spiro atoms. The van der Waals surface area contributed by atoms with E-state index in [2.05, 4.69) is 25.7 Å². The molecule has 180 valence electrons. The summed E-state index contributed by atoms with van der Waals surface area (Å²) in [6.07, 6.45) is 10.3. The van der Waals surface area contributed by atoms with Crippen LogP contribution >= 0.6 is 0 Å². The molecule has 0 heterocycles. The van der Waals surface area contributed by atoms with Crippen LogP contribution in [0.1, 0.15) is 96.5 Å². The fraction of sp³-hybridized carbons (Fsp3) is 0.741. The summed E-state index contributed by atoms with van der Waals surface area (Å²) < 4.78 is 27.9. The predicted molar refractivity (Wildman–Crippen MR) is 125 cm³/mol. The largest absolute Gasteiger partial charge is 0.481 e. The van der Waals surface area contributed by atoms with Gasteiger partial charge in [-0.1, -0.05) is 52.5 Å². The van der Waals surface area contributed by atoms with Crippen LogP contribution < -0.4 is 0 Å². The molecule has 3 unspecified atom stereocenters. The molecule has 2 aliphatic rings. The minimum Gasteiger partial charge on any atom is -0.481 e. The minimum atomic E-state index is -0.845. The van der Waals surface area contributed by atoms with Gasteiger partial charge in [-0.3, -0.25) is 9.69 Å². The highest BCUT2D eigenvalue weighted by Gasteiger charge is 2.39. The van der Waals surface area contributed by atoms with Crippen molar-refractivity contribution < 1.29 is 18.7 Å². The molecule has 0 aromatic heterocycles. The highest BCUT2D eigenvalue weighted by molar-refractivity contribution is 5.67. The number of hydrogen-bond acceptors (Lipinski definition) is 2. The van der Waals surface area contributed by atoms with Gasteiger partial charge in [-0.15, -0.1) is 0 Å². The standard InChI is InChI=1S/C27H41F2NO2/c1-27(2,3)14-15-30(18-19-8-5-4-6-9-19)24-11-7-10-20(17-25(31)32)26(24)21-12-13-22(28)23(29)16-21/h12-13,16,19-20,24,26H,4-11,14-15,17-18H2,1-3H3,(H,31,32). The first-order valence-electron chi connectivity index (χ1n) is 12.5. The lowest BCUT2D eigenvalue weighted by molar-refractivity contribution is -0.138. The molecular weight excluding hydrogens is 408 g/mol. The Kier molecular flexibility index (Phi) is 8.71. The zero-order valence-corrected chi connectivity index (χ0v) is 20.1. The highest BCUT2D eigenvalue weighted by atomic mass is 19.2. The van der Waals surface area contributed by atoms with Crippen molar-refractivity contribution >= 4 is 5.97 Å². The van der Waals surface area contributed by atoms with Crippen molar-refractivity contribution in [2.45, 2.75) is 96.9 Å². The van der Waals surface area contributed by atoms with Gasteiger partial charge in [0.15, 0.2) is 11.6 Å². The van der Waals surface area contributed by atoms with Crippen LogP contribution in [0.15, 0.2) is 18.2 Å². The summed E-state index contributed by atoms with van der Waals surface area (Å²) in [7, 11) is 0. The van der Waals surface area contributed by atoms with E-state index in [-0.39, 0.29) is 29.7 Å². The summed E-state index contributed by atoms with van der Waals surface area (Å²) in [6, 6.07) is 4.37. The van der Waals surface area contributed by atoms with E-state index >= 15 is 0 Å². The number of rotatable bonds is 8. The normalized spacial score (nSPS) is 25.2. The minimum absolute atomic E-state index is 0.0559. The lowest BCUT2D eigenvalue weighted by atomic mass is 9.70. The second-order valence-electron chi connectivity index (χ2n) is 11.4. The second kappa shape index (κ2) is 11.1. The summed E-state index contributed by atoms with van der Waals surface area (Å²) in [4.78, 5) is 14.3. The SMILES string of the molecule is CC(C)(C)CCN(CC1CCCCC1)C1CCCC(CC(=O)O)C1c1ccc(F)c(F)c1. The number of carbonyl (C=O) groups is 1. The molecule has 0 aliphatic heterocycles. The van der Waals surface area contributed by atoms with Gasteiger partial charge >= 0.3 is 5.97 Å². The Morgan fingerprint density at radius 2 is 1.75 bits per heavy atom. The van der Waals surface area contributed by atoms with Crippen LogP contribution in [0.25, 0.3) is 0 Å². The molecule has 0 saturated heterocycles. The molecule has 3 rings (SSSR count). The Balaban J connectivity index is 1.92. The molecule has 3 atom stereocenters. The highest BCUT2D eigenvalue weighted by Crippen LogP contribution is 2.43. The van der Waals surface area contributed by atoms with E-state index in [1.54, 1.807) is 6.07 Å². The molecule has 1 aromatic carbocycles. The molecule has 2 fully saturated rings. The zero-order chi connectivity index (χ0) is 23.3. The van der Waals surface area contributed by atoms with Gasteiger partial charge in [0.1, 0.15) is 0 Å². The van der Waals surface area contributed by atoms with Crippen molar-refractivity contribution in [2.24, 2.45) is 17.3 Å². The van der Waals surface area contributed by atoms with Gasteiger partial charge in [-0.2, -0.15) is 0 Å². The van der Waals surface area contributed by atoms with Crippen molar-refractivity contribution in [2.75, 3.05) is 13.1 Å². The molecule has 1 aromatic rings. The maximum atomic E-state index is 14.2. The van der Waals surface area contributed by atoms with Gasteiger partial charge in [-0.25, -0.2) is 8.78 Å². The summed E-state index contributed by atoms with van der Waals surface area (Å²) >= 11 is 0. The van der Waals surface area contributed by atoms with Crippen LogP contribution in [0.4, 0.5) is 8.78 Å². The summed E-state index contributed by atoms with van der Waals surface area (Å²) in [6.45, 7) is 8.76. The number of halogens is 2. The second-order valence-corrected chi connectivity index (χ2v) is 11.4. The summed E-state index contributed by atoms with van der Waals surface area (Å²) in [5.41, 5.74) is 0.960. The van der Waals surface area contributed by atoms with Gasteiger partial charge in [0.2, 0.25) is 0 Å². The first-order valence-corrected chi connectivity index (χ1v) is 12.5. The van der Waals surface area contributed by atoms with Crippen LogP contribution in [0.3, 0.4) is 0 Å². The fourth-order valence-corrected chi connectivity index (χ4v) is 5.91. The van der Waals surface area contributed by atoms with Crippen molar-refractivity contribution in [1.29, 1.82) is 0 Å². The molecule has 0 bridgehead atoms. The zero-order valence-electron chi connectivity index (χ0n) is 20.1. The van der Waals surface area contributed by atoms with E-state index in [0.29, 0.717) is 5.92 Å². The van der Waals surface area contributed by atoms with Crippen LogP contribution in [-0.2, 0) is 4.79 Å². The topological polar surface area (TPSA) is 40.5 Å². The van der Waals surface area contributed by atoms with Crippen LogP contribution in [0, 0.1) is 28.9 Å². The van der Waals surface area contributed by atoms with Crippen molar-refractivity contribution in [3.63, 3.8) is 0 Å². The molecule has 0 radical (unpaired) electrons. The average molecular weight is 450 g/mol. The first-order chi connectivity index (χ1) is 15.1. The quantitative estimate of drug-likeness (QED) is 0.464. The van der Waals surface area contributed by atoms with E-state index in [1.807, 2.05) is 0 Å². The summed E-state index contributed by atoms with van der Waals surface area (Å²) in [5.74, 6) is -1.96. The molecule has 5 heteroatoms. The van der Waals surface area contributed by atoms with E-state index in [0.717, 1.165) is 44.3 Å². The number of nitrogens with zero attached hydrogens (tertiary/aromatic N) is 1. The first kappa shape index (κ1) is 25.1. The number of hydrogen-bond donors (Lipinski definition) is 1. The maximum Gasteiger partial charge on any atom is 0.303 e. The average Bonchev–Trinajstić information content (AvgIpc) is 2.73. The summed E-state index contributed by atoms with van der Waals surface area (Å²) in [5, 5.41) is 9.58. The Hall–Kier alpha value is -1.49. The number of carboxylic acid groups (broad SMARTS) is 1. The van der Waals surface area contributed by atoms with Crippen molar-refractivity contribution in [3.05, 3.63) is 35.4 Å². The van der Waals surface area contributed by atoms with E-state index < -0.39 is 17.6 Å². The Morgan fingerprint density at radius 3 is 2.38 bits per heavy atom. The number of carboxylic acids is 1. The molecular formula is C27H41F2NO2. The molecule has 1 N–H and O–H groups in total.